The molecule has 0 unspecified atom stereocenters. The Morgan fingerprint density at radius 3 is 2.80 bits per heavy atom. The number of hydrogen-bond donors (Lipinski definition) is 0. The first-order valence-electron chi connectivity index (χ1n) is 6.29. The van der Waals surface area contributed by atoms with Gasteiger partial charge in [0.25, 0.3) is 0 Å². The van der Waals surface area contributed by atoms with Gasteiger partial charge < -0.3 is 14.2 Å². The van der Waals surface area contributed by atoms with Crippen LogP contribution in [0.1, 0.15) is 26.4 Å². The molecule has 4 nitrogen and oxygen atoms in total. The number of benzene rings is 1. The zero-order valence-corrected chi connectivity index (χ0v) is 11.8. The standard InChI is InChI=1S/C15H14O4S/c1-17-11-4-2-3-10(9-11)14(16)12-5-6-13(20-12)15-18-7-8-19-15/h2-6,9,15H,7-8H2,1H3. The molecule has 3 rings (SSSR count). The van der Waals surface area contributed by atoms with Gasteiger partial charge in [-0.2, -0.15) is 0 Å². The van der Waals surface area contributed by atoms with Crippen molar-refractivity contribution < 1.29 is 19.0 Å². The third-order valence-electron chi connectivity index (χ3n) is 3.04. The summed E-state index contributed by atoms with van der Waals surface area (Å²) in [5.41, 5.74) is 0.617. The van der Waals surface area contributed by atoms with Gasteiger partial charge in [0.1, 0.15) is 5.75 Å². The summed E-state index contributed by atoms with van der Waals surface area (Å²) in [4.78, 5) is 14.0. The molecule has 1 aromatic carbocycles. The third kappa shape index (κ3) is 2.60. The molecule has 0 atom stereocenters. The molecular formula is C15H14O4S. The molecule has 0 spiro atoms. The quantitative estimate of drug-likeness (QED) is 0.812. The summed E-state index contributed by atoms with van der Waals surface area (Å²) in [6, 6.07) is 10.8. The molecule has 1 aromatic heterocycles. The Bertz CT molecular complexity index is 614. The van der Waals surface area contributed by atoms with Gasteiger partial charge in [-0.15, -0.1) is 11.3 Å². The Kier molecular flexibility index (Phi) is 3.82. The number of thiophene rings is 1. The van der Waals surface area contributed by atoms with Crippen molar-refractivity contribution in [1.82, 2.24) is 0 Å². The van der Waals surface area contributed by atoms with Gasteiger partial charge in [-0.05, 0) is 24.3 Å². The van der Waals surface area contributed by atoms with Crippen LogP contribution in [0.15, 0.2) is 36.4 Å². The number of rotatable bonds is 4. The van der Waals surface area contributed by atoms with Crippen molar-refractivity contribution in [2.45, 2.75) is 6.29 Å². The van der Waals surface area contributed by atoms with E-state index in [2.05, 4.69) is 0 Å². The third-order valence-corrected chi connectivity index (χ3v) is 4.14. The number of ketones is 1. The highest BCUT2D eigenvalue weighted by Crippen LogP contribution is 2.31. The van der Waals surface area contributed by atoms with Gasteiger partial charge in [0.05, 0.1) is 30.1 Å². The smallest absolute Gasteiger partial charge is 0.203 e. The van der Waals surface area contributed by atoms with Gasteiger partial charge in [-0.25, -0.2) is 0 Å². The molecule has 2 aromatic rings. The lowest BCUT2D eigenvalue weighted by molar-refractivity contribution is -0.0413. The predicted molar refractivity (Wildman–Crippen MR) is 75.4 cm³/mol. The normalized spacial score (nSPS) is 15.4. The van der Waals surface area contributed by atoms with Crippen molar-refractivity contribution in [3.63, 3.8) is 0 Å². The lowest BCUT2D eigenvalue weighted by atomic mass is 10.1. The van der Waals surface area contributed by atoms with Crippen LogP contribution in [0.2, 0.25) is 0 Å². The van der Waals surface area contributed by atoms with Crippen LogP contribution in [0.4, 0.5) is 0 Å². The van der Waals surface area contributed by atoms with Crippen LogP contribution in [0, 0.1) is 0 Å². The van der Waals surface area contributed by atoms with Crippen LogP contribution in [0.25, 0.3) is 0 Å². The Morgan fingerprint density at radius 1 is 1.25 bits per heavy atom. The van der Waals surface area contributed by atoms with Gasteiger partial charge in [0.15, 0.2) is 6.29 Å². The van der Waals surface area contributed by atoms with E-state index in [1.54, 1.807) is 19.2 Å². The van der Waals surface area contributed by atoms with E-state index < -0.39 is 0 Å². The minimum Gasteiger partial charge on any atom is -0.497 e. The zero-order chi connectivity index (χ0) is 13.9. The highest BCUT2D eigenvalue weighted by atomic mass is 32.1. The molecule has 104 valence electrons. The lowest BCUT2D eigenvalue weighted by Crippen LogP contribution is -1.99. The molecule has 1 aliphatic rings. The highest BCUT2D eigenvalue weighted by Gasteiger charge is 2.22. The van der Waals surface area contributed by atoms with Gasteiger partial charge in [-0.1, -0.05) is 12.1 Å². The van der Waals surface area contributed by atoms with Crippen molar-refractivity contribution in [2.75, 3.05) is 20.3 Å². The average Bonchev–Trinajstić information content (AvgIpc) is 3.17. The molecule has 1 fully saturated rings. The summed E-state index contributed by atoms with van der Waals surface area (Å²) < 4.78 is 16.0. The number of carbonyl (C=O) groups excluding carboxylic acids is 1. The van der Waals surface area contributed by atoms with Gasteiger partial charge in [0, 0.05) is 5.56 Å². The fourth-order valence-electron chi connectivity index (χ4n) is 2.03. The largest absolute Gasteiger partial charge is 0.497 e. The van der Waals surface area contributed by atoms with Crippen LogP contribution in [-0.2, 0) is 9.47 Å². The van der Waals surface area contributed by atoms with Gasteiger partial charge in [0.2, 0.25) is 5.78 Å². The van der Waals surface area contributed by atoms with Gasteiger partial charge in [-0.3, -0.25) is 4.79 Å². The number of carbonyl (C=O) groups is 1. The van der Waals surface area contributed by atoms with E-state index in [1.165, 1.54) is 11.3 Å². The van der Waals surface area contributed by atoms with E-state index >= 15 is 0 Å². The first-order valence-corrected chi connectivity index (χ1v) is 7.11. The zero-order valence-electron chi connectivity index (χ0n) is 11.0. The van der Waals surface area contributed by atoms with E-state index in [-0.39, 0.29) is 12.1 Å². The highest BCUT2D eigenvalue weighted by molar-refractivity contribution is 7.14. The maximum Gasteiger partial charge on any atom is 0.203 e. The summed E-state index contributed by atoms with van der Waals surface area (Å²) in [7, 11) is 1.58. The van der Waals surface area contributed by atoms with Gasteiger partial charge >= 0.3 is 0 Å². The van der Waals surface area contributed by atoms with Crippen LogP contribution >= 0.6 is 11.3 Å². The Hall–Kier alpha value is -1.69. The fourth-order valence-corrected chi connectivity index (χ4v) is 3.00. The Labute approximate surface area is 120 Å². The van der Waals surface area contributed by atoms with Crippen molar-refractivity contribution >= 4 is 17.1 Å². The van der Waals surface area contributed by atoms with Crippen LogP contribution in [0.5, 0.6) is 5.75 Å². The van der Waals surface area contributed by atoms with Crippen LogP contribution < -0.4 is 4.74 Å². The van der Waals surface area contributed by atoms with E-state index in [0.717, 1.165) is 4.88 Å². The van der Waals surface area contributed by atoms with Crippen molar-refractivity contribution in [2.24, 2.45) is 0 Å². The molecule has 0 amide bonds. The van der Waals surface area contributed by atoms with Crippen molar-refractivity contribution in [1.29, 1.82) is 0 Å². The minimum atomic E-state index is -0.327. The second kappa shape index (κ2) is 5.75. The first kappa shape index (κ1) is 13.3. The second-order valence-electron chi connectivity index (χ2n) is 4.34. The van der Waals surface area contributed by atoms with Crippen LogP contribution in [0.3, 0.4) is 0 Å². The Balaban J connectivity index is 1.82. The van der Waals surface area contributed by atoms with E-state index in [9.17, 15) is 4.79 Å². The molecule has 0 bridgehead atoms. The maximum absolute atomic E-state index is 12.4. The molecule has 20 heavy (non-hydrogen) atoms. The van der Waals surface area contributed by atoms with E-state index in [1.807, 2.05) is 24.3 Å². The van der Waals surface area contributed by atoms with Crippen molar-refractivity contribution in [3.05, 3.63) is 51.7 Å². The maximum atomic E-state index is 12.4. The summed E-state index contributed by atoms with van der Waals surface area (Å²) >= 11 is 1.41. The lowest BCUT2D eigenvalue weighted by Gasteiger charge is -2.05. The summed E-state index contributed by atoms with van der Waals surface area (Å²) in [6.45, 7) is 1.20. The van der Waals surface area contributed by atoms with E-state index in [4.69, 9.17) is 14.2 Å². The predicted octanol–water partition coefficient (Wildman–Crippen LogP) is 3.03. The Morgan fingerprint density at radius 2 is 2.05 bits per heavy atom. The number of hydrogen-bond acceptors (Lipinski definition) is 5. The number of ether oxygens (including phenoxy) is 3. The summed E-state index contributed by atoms with van der Waals surface area (Å²) in [6.07, 6.45) is -0.327. The molecule has 5 heteroatoms. The first-order chi connectivity index (χ1) is 9.78. The van der Waals surface area contributed by atoms with Crippen molar-refractivity contribution in [3.8, 4) is 5.75 Å². The monoisotopic (exact) mass is 290 g/mol. The van der Waals surface area contributed by atoms with Crippen LogP contribution in [-0.4, -0.2) is 26.1 Å². The molecule has 0 aliphatic carbocycles. The average molecular weight is 290 g/mol. The van der Waals surface area contributed by atoms with E-state index in [0.29, 0.717) is 29.4 Å². The molecular weight excluding hydrogens is 276 g/mol. The topological polar surface area (TPSA) is 44.8 Å². The molecule has 0 radical (unpaired) electrons. The molecule has 1 saturated heterocycles. The SMILES string of the molecule is COc1cccc(C(=O)c2ccc(C3OCCO3)s2)c1. The molecule has 2 heterocycles. The molecule has 0 saturated carbocycles. The summed E-state index contributed by atoms with van der Waals surface area (Å²) in [5, 5.41) is 0. The summed E-state index contributed by atoms with van der Waals surface area (Å²) in [5.74, 6) is 0.660. The molecule has 1 aliphatic heterocycles. The molecule has 0 N–H and O–H groups in total. The second-order valence-corrected chi connectivity index (χ2v) is 5.45. The minimum absolute atomic E-state index is 0.0156. The number of methoxy groups -OCH3 is 1. The fraction of sp³-hybridized carbons (Fsp3) is 0.267.